The maximum absolute atomic E-state index is 9.85. The Labute approximate surface area is 213 Å². The van der Waals surface area contributed by atoms with Crippen molar-refractivity contribution in [2.75, 3.05) is 0 Å². The zero-order chi connectivity index (χ0) is 25.1. The predicted octanol–water partition coefficient (Wildman–Crippen LogP) is 8.38. The minimum atomic E-state index is -0.491. The third-order valence-electron chi connectivity index (χ3n) is 7.34. The van der Waals surface area contributed by atoms with Crippen LogP contribution in [0.3, 0.4) is 0 Å². The molecule has 36 heavy (non-hydrogen) atoms. The molecule has 0 radical (unpaired) electrons. The van der Waals surface area contributed by atoms with Gasteiger partial charge in [-0.2, -0.15) is 0 Å². The van der Waals surface area contributed by atoms with Gasteiger partial charge in [0.1, 0.15) is 11.5 Å². The lowest BCUT2D eigenvalue weighted by atomic mass is 9.68. The molecule has 0 heterocycles. The minimum Gasteiger partial charge on any atom is -0.508 e. The number of rotatable bonds is 3. The second-order valence-corrected chi connectivity index (χ2v) is 9.80. The lowest BCUT2D eigenvalue weighted by Gasteiger charge is -2.33. The van der Waals surface area contributed by atoms with Gasteiger partial charge >= 0.3 is 0 Å². The van der Waals surface area contributed by atoms with Crippen LogP contribution in [0.1, 0.15) is 48.9 Å². The van der Waals surface area contributed by atoms with Crippen LogP contribution >= 0.6 is 0 Å². The van der Waals surface area contributed by atoms with Crippen molar-refractivity contribution >= 4 is 0 Å². The number of fused-ring (bicyclic) bond motifs is 3. The summed E-state index contributed by atoms with van der Waals surface area (Å²) in [6.45, 7) is 4.51. The molecule has 0 saturated heterocycles. The highest BCUT2D eigenvalue weighted by molar-refractivity contribution is 5.86. The first kappa shape index (κ1) is 23.7. The van der Waals surface area contributed by atoms with Crippen LogP contribution in [-0.2, 0) is 5.41 Å². The lowest BCUT2D eigenvalue weighted by Crippen LogP contribution is -2.28. The Hall–Kier alpha value is -4.04. The molecule has 0 fully saturated rings. The smallest absolute Gasteiger partial charge is 0.115 e. The summed E-state index contributed by atoms with van der Waals surface area (Å²) in [6.07, 6.45) is 9.15. The van der Waals surface area contributed by atoms with Crippen molar-refractivity contribution in [1.82, 2.24) is 0 Å². The number of allylic oxidation sites excluding steroid dienone is 4. The lowest BCUT2D eigenvalue weighted by molar-refractivity contribution is 0.475. The summed E-state index contributed by atoms with van der Waals surface area (Å²) < 4.78 is 0. The van der Waals surface area contributed by atoms with Crippen molar-refractivity contribution in [1.29, 1.82) is 0 Å². The molecule has 2 N–H and O–H groups in total. The first-order valence-corrected chi connectivity index (χ1v) is 12.7. The molecular formula is C34H32O2. The van der Waals surface area contributed by atoms with E-state index in [1.54, 1.807) is 29.8 Å². The molecule has 0 atom stereocenters. The van der Waals surface area contributed by atoms with Gasteiger partial charge in [-0.15, -0.1) is 0 Å². The number of aromatic hydroxyl groups is 2. The largest absolute Gasteiger partial charge is 0.508 e. The number of phenolic OH excluding ortho intramolecular Hbond substituents is 2. The van der Waals surface area contributed by atoms with Crippen LogP contribution < -0.4 is 0 Å². The van der Waals surface area contributed by atoms with Crippen molar-refractivity contribution in [3.8, 4) is 22.6 Å². The van der Waals surface area contributed by atoms with E-state index in [4.69, 9.17) is 0 Å². The van der Waals surface area contributed by atoms with Gasteiger partial charge < -0.3 is 10.2 Å². The number of benzene rings is 4. The number of hydrogen-bond acceptors (Lipinski definition) is 2. The van der Waals surface area contributed by atoms with Gasteiger partial charge in [-0.3, -0.25) is 0 Å². The van der Waals surface area contributed by atoms with Gasteiger partial charge in [0.05, 0.1) is 5.41 Å². The van der Waals surface area contributed by atoms with Gasteiger partial charge in [-0.25, -0.2) is 0 Å². The Kier molecular flexibility index (Phi) is 6.52. The monoisotopic (exact) mass is 472 g/mol. The van der Waals surface area contributed by atoms with Gasteiger partial charge in [0.25, 0.3) is 0 Å². The molecule has 0 saturated carbocycles. The molecule has 4 aromatic carbocycles. The summed E-state index contributed by atoms with van der Waals surface area (Å²) >= 11 is 0. The van der Waals surface area contributed by atoms with Crippen LogP contribution in [0.25, 0.3) is 11.1 Å². The first-order chi connectivity index (χ1) is 17.5. The molecule has 2 nitrogen and oxygen atoms in total. The van der Waals surface area contributed by atoms with Gasteiger partial charge in [-0.05, 0) is 76.4 Å². The van der Waals surface area contributed by atoms with Crippen molar-refractivity contribution in [3.05, 3.63) is 143 Å². The summed E-state index contributed by atoms with van der Waals surface area (Å²) in [7, 11) is 0. The maximum atomic E-state index is 9.85. The van der Waals surface area contributed by atoms with E-state index in [2.05, 4.69) is 80.6 Å². The summed E-state index contributed by atoms with van der Waals surface area (Å²) in [5.41, 5.74) is 8.13. The molecule has 0 aliphatic heterocycles. The van der Waals surface area contributed by atoms with Gasteiger partial charge in [0, 0.05) is 0 Å². The van der Waals surface area contributed by atoms with Gasteiger partial charge in [0.15, 0.2) is 0 Å². The Morgan fingerprint density at radius 3 is 1.50 bits per heavy atom. The zero-order valence-electron chi connectivity index (χ0n) is 20.9. The second-order valence-electron chi connectivity index (χ2n) is 9.80. The van der Waals surface area contributed by atoms with E-state index in [9.17, 15) is 10.2 Å². The maximum Gasteiger partial charge on any atom is 0.115 e. The average molecular weight is 473 g/mol. The van der Waals surface area contributed by atoms with Gasteiger partial charge in [0.2, 0.25) is 0 Å². The van der Waals surface area contributed by atoms with E-state index >= 15 is 0 Å². The molecule has 2 heteroatoms. The highest BCUT2D eigenvalue weighted by Gasteiger charge is 2.45. The molecule has 180 valence electrons. The standard InChI is InChI=1S/C25H18O2.C9H14/c26-19-13-9-17(10-14-19)25(18-11-15-20(27)16-12-18)23-7-3-1-5-21(23)22-6-2-4-8-24(22)25;1-8(2)9-6-4-3-5-7-9/h1-16,26-27H;3-4,6,8H,5,7H2,1-2H3. The third kappa shape index (κ3) is 4.13. The quantitative estimate of drug-likeness (QED) is 0.277. The number of hydrogen-bond donors (Lipinski definition) is 2. The van der Waals surface area contributed by atoms with E-state index in [0.29, 0.717) is 0 Å². The molecule has 0 spiro atoms. The Balaban J connectivity index is 0.000000252. The Morgan fingerprint density at radius 2 is 1.11 bits per heavy atom. The van der Waals surface area contributed by atoms with E-state index in [0.717, 1.165) is 17.0 Å². The zero-order valence-corrected chi connectivity index (χ0v) is 20.9. The second kappa shape index (κ2) is 9.91. The number of phenols is 2. The Bertz CT molecular complexity index is 1310. The molecule has 2 aliphatic rings. The van der Waals surface area contributed by atoms with Crippen molar-refractivity contribution in [2.45, 2.75) is 32.1 Å². The van der Waals surface area contributed by atoms with Crippen LogP contribution in [0.2, 0.25) is 0 Å². The van der Waals surface area contributed by atoms with Crippen LogP contribution in [0.15, 0.2) is 121 Å². The van der Waals surface area contributed by atoms with Crippen LogP contribution in [0, 0.1) is 5.92 Å². The van der Waals surface area contributed by atoms with Crippen molar-refractivity contribution in [3.63, 3.8) is 0 Å². The predicted molar refractivity (Wildman–Crippen MR) is 148 cm³/mol. The SMILES string of the molecule is CC(C)C1=CC=CCC1.Oc1ccc(C2(c3ccc(O)cc3)c3ccccc3-c3ccccc32)cc1. The van der Waals surface area contributed by atoms with Crippen LogP contribution in [0.4, 0.5) is 0 Å². The Morgan fingerprint density at radius 1 is 0.639 bits per heavy atom. The summed E-state index contributed by atoms with van der Waals surface area (Å²) in [6, 6.07) is 31.9. The fraction of sp³-hybridized carbons (Fsp3) is 0.176. The normalized spacial score (nSPS) is 14.9. The molecular weight excluding hydrogens is 440 g/mol. The topological polar surface area (TPSA) is 40.5 Å². The third-order valence-corrected chi connectivity index (χ3v) is 7.34. The fourth-order valence-corrected chi connectivity index (χ4v) is 5.55. The molecule has 4 aromatic rings. The molecule has 2 aliphatic carbocycles. The summed E-state index contributed by atoms with van der Waals surface area (Å²) in [4.78, 5) is 0. The minimum absolute atomic E-state index is 0.249. The molecule has 6 rings (SSSR count). The summed E-state index contributed by atoms with van der Waals surface area (Å²) in [5, 5.41) is 19.7. The summed E-state index contributed by atoms with van der Waals surface area (Å²) in [5.74, 6) is 1.24. The highest BCUT2D eigenvalue weighted by atomic mass is 16.3. The van der Waals surface area contributed by atoms with Gasteiger partial charge in [-0.1, -0.05) is 110 Å². The van der Waals surface area contributed by atoms with Crippen LogP contribution in [0.5, 0.6) is 11.5 Å². The van der Waals surface area contributed by atoms with E-state index in [1.807, 2.05) is 24.3 Å². The fourth-order valence-electron chi connectivity index (χ4n) is 5.55. The van der Waals surface area contributed by atoms with Crippen molar-refractivity contribution < 1.29 is 10.2 Å². The van der Waals surface area contributed by atoms with Crippen molar-refractivity contribution in [2.24, 2.45) is 5.92 Å². The van der Waals surface area contributed by atoms with E-state index in [-0.39, 0.29) is 11.5 Å². The molecule has 0 unspecified atom stereocenters. The highest BCUT2D eigenvalue weighted by Crippen LogP contribution is 2.56. The first-order valence-electron chi connectivity index (χ1n) is 12.7. The molecule has 0 amide bonds. The van der Waals surface area contributed by atoms with E-state index < -0.39 is 5.41 Å². The van der Waals surface area contributed by atoms with Crippen LogP contribution in [-0.4, -0.2) is 10.2 Å². The average Bonchev–Trinajstić information content (AvgIpc) is 3.22. The molecule has 0 aromatic heterocycles. The van der Waals surface area contributed by atoms with E-state index in [1.165, 1.54) is 35.1 Å². The molecule has 0 bridgehead atoms.